The zero-order valence-corrected chi connectivity index (χ0v) is 13.6. The molecule has 0 aliphatic heterocycles. The first kappa shape index (κ1) is 14.2. The molecule has 2 aromatic carbocycles. The molecule has 4 heteroatoms. The molecule has 1 heterocycles. The number of aryl methyl sites for hydroxylation is 1. The molecule has 0 bridgehead atoms. The van der Waals surface area contributed by atoms with Crippen LogP contribution in [-0.4, -0.2) is 0 Å². The molecule has 1 aromatic heterocycles. The number of hydrogen-bond donors (Lipinski definition) is 0. The molecular formula is C17H11BrClNO. The van der Waals surface area contributed by atoms with Crippen molar-refractivity contribution in [2.75, 3.05) is 0 Å². The summed E-state index contributed by atoms with van der Waals surface area (Å²) in [5.74, 6) is 1.26. The van der Waals surface area contributed by atoms with Crippen LogP contribution in [0.5, 0.6) is 0 Å². The molecule has 0 saturated heterocycles. The number of fused-ring (bicyclic) bond motifs is 1. The van der Waals surface area contributed by atoms with Gasteiger partial charge in [0.25, 0.3) is 0 Å². The van der Waals surface area contributed by atoms with Crippen molar-refractivity contribution < 1.29 is 4.42 Å². The van der Waals surface area contributed by atoms with Crippen LogP contribution in [0.1, 0.15) is 16.9 Å². The molecule has 21 heavy (non-hydrogen) atoms. The van der Waals surface area contributed by atoms with E-state index in [-0.39, 0.29) is 0 Å². The summed E-state index contributed by atoms with van der Waals surface area (Å²) in [6, 6.07) is 13.7. The summed E-state index contributed by atoms with van der Waals surface area (Å²) in [6.07, 6.45) is 0. The van der Waals surface area contributed by atoms with E-state index in [1.807, 2.05) is 37.3 Å². The number of benzene rings is 2. The molecule has 104 valence electrons. The van der Waals surface area contributed by atoms with Crippen LogP contribution in [0, 0.1) is 18.3 Å². The first-order chi connectivity index (χ1) is 10.1. The first-order valence-corrected chi connectivity index (χ1v) is 7.75. The fourth-order valence-corrected chi connectivity index (χ4v) is 2.93. The van der Waals surface area contributed by atoms with Crippen LogP contribution < -0.4 is 0 Å². The van der Waals surface area contributed by atoms with Gasteiger partial charge in [-0.1, -0.05) is 12.1 Å². The standard InChI is InChI=1S/C17H11BrClNO/c1-10-16(18)15-7-12(8-19)6-14(17(15)21-10)13-4-2-3-11(5-13)9-20/h2-7H,8H2,1H3. The second-order valence-corrected chi connectivity index (χ2v) is 5.88. The van der Waals surface area contributed by atoms with E-state index in [0.29, 0.717) is 11.4 Å². The minimum Gasteiger partial charge on any atom is -0.459 e. The Morgan fingerprint density at radius 2 is 2.10 bits per heavy atom. The molecule has 0 unspecified atom stereocenters. The normalized spacial score (nSPS) is 10.8. The second-order valence-electron chi connectivity index (χ2n) is 4.82. The average molecular weight is 361 g/mol. The van der Waals surface area contributed by atoms with Crippen molar-refractivity contribution in [3.63, 3.8) is 0 Å². The summed E-state index contributed by atoms with van der Waals surface area (Å²) in [4.78, 5) is 0. The molecule has 2 nitrogen and oxygen atoms in total. The maximum atomic E-state index is 9.07. The Morgan fingerprint density at radius 3 is 2.81 bits per heavy atom. The van der Waals surface area contributed by atoms with Crippen LogP contribution in [0.4, 0.5) is 0 Å². The Labute approximate surface area is 136 Å². The molecule has 3 aromatic rings. The number of nitrogens with zero attached hydrogens (tertiary/aromatic N) is 1. The third-order valence-electron chi connectivity index (χ3n) is 3.41. The van der Waals surface area contributed by atoms with E-state index in [9.17, 15) is 0 Å². The fourth-order valence-electron chi connectivity index (χ4n) is 2.40. The van der Waals surface area contributed by atoms with Gasteiger partial charge in [0.05, 0.1) is 16.1 Å². The average Bonchev–Trinajstić information content (AvgIpc) is 2.81. The zero-order valence-electron chi connectivity index (χ0n) is 11.3. The van der Waals surface area contributed by atoms with Gasteiger partial charge < -0.3 is 4.42 Å². The topological polar surface area (TPSA) is 36.9 Å². The van der Waals surface area contributed by atoms with Crippen molar-refractivity contribution in [2.24, 2.45) is 0 Å². The minimum absolute atomic E-state index is 0.428. The summed E-state index contributed by atoms with van der Waals surface area (Å²) >= 11 is 9.57. The number of hydrogen-bond acceptors (Lipinski definition) is 2. The summed E-state index contributed by atoms with van der Waals surface area (Å²) < 4.78 is 6.83. The Morgan fingerprint density at radius 1 is 1.29 bits per heavy atom. The monoisotopic (exact) mass is 359 g/mol. The van der Waals surface area contributed by atoms with Gasteiger partial charge in [0, 0.05) is 16.8 Å². The van der Waals surface area contributed by atoms with Gasteiger partial charge in [-0.3, -0.25) is 0 Å². The maximum Gasteiger partial charge on any atom is 0.143 e. The van der Waals surface area contributed by atoms with Crippen molar-refractivity contribution in [3.05, 3.63) is 57.8 Å². The van der Waals surface area contributed by atoms with Gasteiger partial charge >= 0.3 is 0 Å². The third-order valence-corrected chi connectivity index (χ3v) is 4.70. The molecule has 0 atom stereocenters. The predicted molar refractivity (Wildman–Crippen MR) is 88.4 cm³/mol. The molecule has 0 fully saturated rings. The largest absolute Gasteiger partial charge is 0.459 e. The van der Waals surface area contributed by atoms with E-state index in [4.69, 9.17) is 21.3 Å². The van der Waals surface area contributed by atoms with Gasteiger partial charge in [0.2, 0.25) is 0 Å². The van der Waals surface area contributed by atoms with Gasteiger partial charge in [0.1, 0.15) is 11.3 Å². The lowest BCUT2D eigenvalue weighted by Crippen LogP contribution is -1.85. The molecular weight excluding hydrogens is 350 g/mol. The smallest absolute Gasteiger partial charge is 0.143 e. The Hall–Kier alpha value is -1.76. The first-order valence-electron chi connectivity index (χ1n) is 6.42. The molecule has 3 rings (SSSR count). The zero-order chi connectivity index (χ0) is 15.0. The molecule has 0 radical (unpaired) electrons. The molecule has 0 aliphatic rings. The van der Waals surface area contributed by atoms with Gasteiger partial charge in [-0.25, -0.2) is 0 Å². The quantitative estimate of drug-likeness (QED) is 0.543. The summed E-state index contributed by atoms with van der Waals surface area (Å²) in [5, 5.41) is 10.1. The summed E-state index contributed by atoms with van der Waals surface area (Å²) in [7, 11) is 0. The van der Waals surface area contributed by atoms with E-state index in [0.717, 1.165) is 37.9 Å². The number of furan rings is 1. The molecule has 0 amide bonds. The Kier molecular flexibility index (Phi) is 3.75. The fraction of sp³-hybridized carbons (Fsp3) is 0.118. The van der Waals surface area contributed by atoms with Crippen molar-refractivity contribution in [1.29, 1.82) is 5.26 Å². The Bertz CT molecular complexity index is 876. The van der Waals surface area contributed by atoms with E-state index < -0.39 is 0 Å². The van der Waals surface area contributed by atoms with E-state index >= 15 is 0 Å². The number of alkyl halides is 1. The number of halogens is 2. The van der Waals surface area contributed by atoms with Crippen LogP contribution in [-0.2, 0) is 5.88 Å². The van der Waals surface area contributed by atoms with Crippen molar-refractivity contribution in [1.82, 2.24) is 0 Å². The maximum absolute atomic E-state index is 9.07. The van der Waals surface area contributed by atoms with Gasteiger partial charge in [-0.15, -0.1) is 11.6 Å². The SMILES string of the molecule is Cc1oc2c(-c3cccc(C#N)c3)cc(CCl)cc2c1Br. The van der Waals surface area contributed by atoms with Crippen LogP contribution in [0.3, 0.4) is 0 Å². The third kappa shape index (κ3) is 2.46. The minimum atomic E-state index is 0.428. The van der Waals surface area contributed by atoms with Crippen LogP contribution in [0.2, 0.25) is 0 Å². The highest BCUT2D eigenvalue weighted by Crippen LogP contribution is 2.38. The molecule has 0 aliphatic carbocycles. The van der Waals surface area contributed by atoms with Crippen molar-refractivity contribution in [3.8, 4) is 17.2 Å². The lowest BCUT2D eigenvalue weighted by Gasteiger charge is -2.06. The Balaban J connectivity index is 2.35. The number of rotatable bonds is 2. The highest BCUT2D eigenvalue weighted by Gasteiger charge is 2.15. The molecule has 0 spiro atoms. The number of nitriles is 1. The lowest BCUT2D eigenvalue weighted by molar-refractivity contribution is 0.577. The van der Waals surface area contributed by atoms with E-state index in [1.165, 1.54) is 0 Å². The van der Waals surface area contributed by atoms with Crippen LogP contribution in [0.25, 0.3) is 22.1 Å². The highest BCUT2D eigenvalue weighted by molar-refractivity contribution is 9.10. The van der Waals surface area contributed by atoms with Crippen LogP contribution in [0.15, 0.2) is 45.3 Å². The van der Waals surface area contributed by atoms with Gasteiger partial charge in [-0.2, -0.15) is 5.26 Å². The highest BCUT2D eigenvalue weighted by atomic mass is 79.9. The van der Waals surface area contributed by atoms with E-state index in [1.54, 1.807) is 6.07 Å². The predicted octanol–water partition coefficient (Wildman–Crippen LogP) is 5.78. The van der Waals surface area contributed by atoms with Crippen molar-refractivity contribution in [2.45, 2.75) is 12.8 Å². The summed E-state index contributed by atoms with van der Waals surface area (Å²) in [6.45, 7) is 1.92. The molecule has 0 saturated carbocycles. The van der Waals surface area contributed by atoms with Gasteiger partial charge in [0.15, 0.2) is 0 Å². The lowest BCUT2D eigenvalue weighted by atomic mass is 9.99. The second kappa shape index (κ2) is 5.55. The van der Waals surface area contributed by atoms with Crippen LogP contribution >= 0.6 is 27.5 Å². The molecule has 0 N–H and O–H groups in total. The summed E-state index contributed by atoms with van der Waals surface area (Å²) in [5.41, 5.74) is 4.35. The van der Waals surface area contributed by atoms with Gasteiger partial charge in [-0.05, 0) is 58.2 Å². The van der Waals surface area contributed by atoms with E-state index in [2.05, 4.69) is 22.0 Å². The van der Waals surface area contributed by atoms with Crippen molar-refractivity contribution >= 4 is 38.5 Å².